The number of nitrogens with zero attached hydrogens (tertiary/aromatic N) is 4. The molecule has 3 rings (SSSR count). The Morgan fingerprint density at radius 1 is 1.50 bits per heavy atom. The number of hydrogen-bond donors (Lipinski definition) is 2. The molecule has 1 atom stereocenters. The van der Waals surface area contributed by atoms with Gasteiger partial charge >= 0.3 is 6.09 Å². The van der Waals surface area contributed by atoms with Gasteiger partial charge in [0, 0.05) is 37.8 Å². The van der Waals surface area contributed by atoms with Crippen LogP contribution in [0.2, 0.25) is 5.15 Å². The summed E-state index contributed by atoms with van der Waals surface area (Å²) in [5, 5.41) is 21.0. The first kappa shape index (κ1) is 14.6. The van der Waals surface area contributed by atoms with Crippen LogP contribution in [0.1, 0.15) is 6.42 Å². The van der Waals surface area contributed by atoms with Crippen molar-refractivity contribution in [1.29, 1.82) is 0 Å². The van der Waals surface area contributed by atoms with Gasteiger partial charge in [-0.15, -0.1) is 10.2 Å². The highest BCUT2D eigenvalue weighted by Crippen LogP contribution is 2.24. The number of halogens is 1. The van der Waals surface area contributed by atoms with Gasteiger partial charge in [0.25, 0.3) is 5.56 Å². The number of fused-ring (bicyclic) bond motifs is 1. The Hall–Kier alpha value is -2.35. The van der Waals surface area contributed by atoms with Crippen molar-refractivity contribution >= 4 is 34.3 Å². The number of pyridine rings is 1. The molecule has 2 aromatic rings. The van der Waals surface area contributed by atoms with Gasteiger partial charge in [0.15, 0.2) is 11.0 Å². The van der Waals surface area contributed by atoms with E-state index in [0.29, 0.717) is 36.1 Å². The van der Waals surface area contributed by atoms with Crippen LogP contribution < -0.4 is 10.9 Å². The van der Waals surface area contributed by atoms with E-state index >= 15 is 0 Å². The first-order valence-electron chi connectivity index (χ1n) is 6.73. The number of aryl methyl sites for hydroxylation is 1. The van der Waals surface area contributed by atoms with Crippen LogP contribution in [0, 0.1) is 0 Å². The third kappa shape index (κ3) is 2.45. The van der Waals surface area contributed by atoms with Crippen LogP contribution in [0.15, 0.2) is 17.1 Å². The molecule has 1 aliphatic rings. The Labute approximate surface area is 130 Å². The second-order valence-corrected chi connectivity index (χ2v) is 5.58. The van der Waals surface area contributed by atoms with Gasteiger partial charge in [-0.25, -0.2) is 4.79 Å². The minimum absolute atomic E-state index is 0.111. The van der Waals surface area contributed by atoms with Crippen LogP contribution in [-0.2, 0) is 7.05 Å². The molecule has 1 aliphatic heterocycles. The Balaban J connectivity index is 1.98. The number of anilines is 1. The van der Waals surface area contributed by atoms with E-state index in [0.717, 1.165) is 0 Å². The summed E-state index contributed by atoms with van der Waals surface area (Å²) in [5.74, 6) is 0.331. The molecule has 0 spiro atoms. The Morgan fingerprint density at radius 2 is 2.27 bits per heavy atom. The molecule has 0 radical (unpaired) electrons. The maximum atomic E-state index is 12.3. The first-order chi connectivity index (χ1) is 10.5. The average Bonchev–Trinajstić information content (AvgIpc) is 2.94. The van der Waals surface area contributed by atoms with Crippen molar-refractivity contribution < 1.29 is 9.90 Å². The summed E-state index contributed by atoms with van der Waals surface area (Å²) in [7, 11) is 1.64. The predicted octanol–water partition coefficient (Wildman–Crippen LogP) is 1.15. The number of likely N-dealkylation sites (tertiary alicyclic amines) is 1. The number of carbonyl (C=O) groups is 1. The van der Waals surface area contributed by atoms with Crippen LogP contribution in [0.5, 0.6) is 0 Å². The van der Waals surface area contributed by atoms with Gasteiger partial charge in [-0.1, -0.05) is 11.6 Å². The molecule has 0 saturated carbocycles. The topological polar surface area (TPSA) is 100 Å². The summed E-state index contributed by atoms with van der Waals surface area (Å²) in [4.78, 5) is 24.6. The molecule has 1 amide bonds. The normalized spacial score (nSPS) is 17.9. The fourth-order valence-corrected chi connectivity index (χ4v) is 2.77. The van der Waals surface area contributed by atoms with E-state index in [4.69, 9.17) is 16.7 Å². The Kier molecular flexibility index (Phi) is 3.61. The average molecular weight is 324 g/mol. The summed E-state index contributed by atoms with van der Waals surface area (Å²) >= 11 is 6.00. The smallest absolute Gasteiger partial charge is 0.407 e. The van der Waals surface area contributed by atoms with Crippen molar-refractivity contribution in [3.63, 3.8) is 0 Å². The minimum atomic E-state index is -0.952. The van der Waals surface area contributed by atoms with Gasteiger partial charge in [-0.05, 0) is 12.5 Å². The maximum absolute atomic E-state index is 12.3. The lowest BCUT2D eigenvalue weighted by molar-refractivity contribution is 0.155. The Bertz CT molecular complexity index is 806. The summed E-state index contributed by atoms with van der Waals surface area (Å²) in [5.41, 5.74) is -0.232. The monoisotopic (exact) mass is 323 g/mol. The van der Waals surface area contributed by atoms with Gasteiger partial charge < -0.3 is 19.9 Å². The molecule has 2 N–H and O–H groups in total. The molecule has 9 heteroatoms. The second kappa shape index (κ2) is 5.45. The summed E-state index contributed by atoms with van der Waals surface area (Å²) < 4.78 is 1.43. The van der Waals surface area contributed by atoms with Crippen molar-refractivity contribution in [1.82, 2.24) is 19.7 Å². The summed E-state index contributed by atoms with van der Waals surface area (Å²) in [6.07, 6.45) is 1.31. The summed E-state index contributed by atoms with van der Waals surface area (Å²) in [6, 6.07) is 1.59. The molecule has 1 saturated heterocycles. The van der Waals surface area contributed by atoms with E-state index in [2.05, 4.69) is 15.5 Å². The third-order valence-corrected chi connectivity index (χ3v) is 4.04. The lowest BCUT2D eigenvalue weighted by Gasteiger charge is -2.15. The lowest BCUT2D eigenvalue weighted by atomic mass is 10.2. The lowest BCUT2D eigenvalue weighted by Crippen LogP contribution is -2.30. The molecule has 0 aliphatic carbocycles. The SMILES string of the molecule is Cn1ccc2c(Cl)nnc(N[C@H]3CCN(C(=O)O)C3)c2c1=O. The van der Waals surface area contributed by atoms with Crippen molar-refractivity contribution in [3.8, 4) is 0 Å². The standard InChI is InChI=1S/C13H14ClN5O3/c1-18-4-3-8-9(12(18)20)11(17-16-10(8)14)15-7-2-5-19(6-7)13(21)22/h3-4,7H,2,5-6H2,1H3,(H,15,17)(H,21,22)/t7-/m0/s1. The number of rotatable bonds is 2. The maximum Gasteiger partial charge on any atom is 0.407 e. The highest BCUT2D eigenvalue weighted by atomic mass is 35.5. The molecule has 0 unspecified atom stereocenters. The van der Waals surface area contributed by atoms with Crippen molar-refractivity contribution in [2.24, 2.45) is 7.05 Å². The van der Waals surface area contributed by atoms with E-state index in [1.807, 2.05) is 0 Å². The number of carboxylic acid groups (broad SMARTS) is 1. The molecule has 1 fully saturated rings. The van der Waals surface area contributed by atoms with Crippen LogP contribution in [0.4, 0.5) is 10.6 Å². The van der Waals surface area contributed by atoms with Crippen LogP contribution in [-0.4, -0.2) is 50.0 Å². The van der Waals surface area contributed by atoms with Crippen LogP contribution in [0.3, 0.4) is 0 Å². The van der Waals surface area contributed by atoms with Crippen molar-refractivity contribution in [3.05, 3.63) is 27.8 Å². The highest BCUT2D eigenvalue weighted by Gasteiger charge is 2.27. The molecular weight excluding hydrogens is 310 g/mol. The molecule has 2 aromatic heterocycles. The summed E-state index contributed by atoms with van der Waals surface area (Å²) in [6.45, 7) is 0.790. The number of hydrogen-bond acceptors (Lipinski definition) is 5. The molecule has 3 heterocycles. The quantitative estimate of drug-likeness (QED) is 0.859. The molecule has 8 nitrogen and oxygen atoms in total. The Morgan fingerprint density at radius 3 is 2.95 bits per heavy atom. The van der Waals surface area contributed by atoms with Gasteiger partial charge in [0.1, 0.15) is 0 Å². The fraction of sp³-hybridized carbons (Fsp3) is 0.385. The van der Waals surface area contributed by atoms with E-state index in [-0.39, 0.29) is 16.8 Å². The van der Waals surface area contributed by atoms with Gasteiger partial charge in [0.2, 0.25) is 0 Å². The number of nitrogens with one attached hydrogen (secondary N) is 1. The minimum Gasteiger partial charge on any atom is -0.465 e. The predicted molar refractivity (Wildman–Crippen MR) is 81.4 cm³/mol. The molecular formula is C13H14ClN5O3. The molecule has 22 heavy (non-hydrogen) atoms. The van der Waals surface area contributed by atoms with Crippen molar-refractivity contribution in [2.75, 3.05) is 18.4 Å². The molecule has 0 aromatic carbocycles. The van der Waals surface area contributed by atoms with Gasteiger partial charge in [-0.2, -0.15) is 0 Å². The van der Waals surface area contributed by atoms with E-state index in [1.54, 1.807) is 19.3 Å². The van der Waals surface area contributed by atoms with Crippen molar-refractivity contribution in [2.45, 2.75) is 12.5 Å². The molecule has 116 valence electrons. The largest absolute Gasteiger partial charge is 0.465 e. The van der Waals surface area contributed by atoms with Crippen LogP contribution >= 0.6 is 11.6 Å². The number of amides is 1. The third-order valence-electron chi connectivity index (χ3n) is 3.76. The zero-order valence-electron chi connectivity index (χ0n) is 11.8. The van der Waals surface area contributed by atoms with E-state index < -0.39 is 6.09 Å². The zero-order valence-corrected chi connectivity index (χ0v) is 12.5. The number of aromatic nitrogens is 3. The zero-order chi connectivity index (χ0) is 15.9. The van der Waals surface area contributed by atoms with E-state index in [1.165, 1.54) is 9.47 Å². The van der Waals surface area contributed by atoms with Gasteiger partial charge in [-0.3, -0.25) is 4.79 Å². The van der Waals surface area contributed by atoms with E-state index in [9.17, 15) is 9.59 Å². The molecule has 0 bridgehead atoms. The van der Waals surface area contributed by atoms with Crippen LogP contribution in [0.25, 0.3) is 10.8 Å². The fourth-order valence-electron chi connectivity index (χ4n) is 2.57. The van der Waals surface area contributed by atoms with Gasteiger partial charge in [0.05, 0.1) is 5.39 Å². The second-order valence-electron chi connectivity index (χ2n) is 5.22. The first-order valence-corrected chi connectivity index (χ1v) is 7.11. The highest BCUT2D eigenvalue weighted by molar-refractivity contribution is 6.34.